The van der Waals surface area contributed by atoms with E-state index in [1.807, 2.05) is 0 Å². The average Bonchev–Trinajstić information content (AvgIpc) is 3.34. The van der Waals surface area contributed by atoms with Crippen LogP contribution in [-0.4, -0.2) is 34.8 Å². The number of nitrogens with zero attached hydrogens (tertiary/aromatic N) is 3. The Labute approximate surface area is 186 Å². The van der Waals surface area contributed by atoms with Gasteiger partial charge in [0.05, 0.1) is 10.5 Å². The van der Waals surface area contributed by atoms with Gasteiger partial charge in [0.2, 0.25) is 5.96 Å². The summed E-state index contributed by atoms with van der Waals surface area (Å²) >= 11 is 0. The summed E-state index contributed by atoms with van der Waals surface area (Å²) in [5, 5.41) is 16.1. The van der Waals surface area contributed by atoms with Gasteiger partial charge in [0.1, 0.15) is 23.0 Å². The Morgan fingerprint density at radius 3 is 2.76 bits per heavy atom. The summed E-state index contributed by atoms with van der Waals surface area (Å²) in [6.45, 7) is 0. The van der Waals surface area contributed by atoms with Crippen LogP contribution in [0.25, 0.3) is 17.4 Å². The molecule has 0 saturated carbocycles. The van der Waals surface area contributed by atoms with Gasteiger partial charge in [0.25, 0.3) is 11.6 Å². The van der Waals surface area contributed by atoms with Gasteiger partial charge in [-0.1, -0.05) is 18.2 Å². The van der Waals surface area contributed by atoms with Gasteiger partial charge in [-0.3, -0.25) is 20.2 Å². The number of aliphatic imine (C=N–C) groups is 1. The van der Waals surface area contributed by atoms with Crippen LogP contribution in [0.1, 0.15) is 5.76 Å². The molecule has 0 unspecified atom stereocenters. The lowest BCUT2D eigenvalue weighted by Crippen LogP contribution is -2.29. The van der Waals surface area contributed by atoms with E-state index in [-0.39, 0.29) is 34.6 Å². The van der Waals surface area contributed by atoms with Crippen molar-refractivity contribution < 1.29 is 23.3 Å². The molecule has 2 N–H and O–H groups in total. The summed E-state index contributed by atoms with van der Waals surface area (Å²) in [5.74, 6) is -0.552. The number of hydrogen-bond acceptors (Lipinski definition) is 5. The first-order chi connectivity index (χ1) is 15.8. The molecule has 0 spiro atoms. The van der Waals surface area contributed by atoms with Gasteiger partial charge in [-0.15, -0.1) is 0 Å². The minimum atomic E-state index is -0.805. The Morgan fingerprint density at radius 1 is 1.21 bits per heavy atom. The monoisotopic (exact) mass is 449 g/mol. The van der Waals surface area contributed by atoms with Crippen LogP contribution in [0.5, 0.6) is 0 Å². The molecule has 1 saturated heterocycles. The highest BCUT2D eigenvalue weighted by atomic mass is 19.1. The highest BCUT2D eigenvalue weighted by Gasteiger charge is 2.29. The number of rotatable bonds is 4. The lowest BCUT2D eigenvalue weighted by Gasteiger charge is -2.10. The number of para-hydroxylation sites is 1. The van der Waals surface area contributed by atoms with E-state index in [1.165, 1.54) is 42.3 Å². The lowest BCUT2D eigenvalue weighted by molar-refractivity contribution is -0.384. The van der Waals surface area contributed by atoms with Crippen molar-refractivity contribution in [2.75, 3.05) is 12.4 Å². The van der Waals surface area contributed by atoms with Crippen molar-refractivity contribution in [1.82, 2.24) is 10.2 Å². The van der Waals surface area contributed by atoms with Crippen molar-refractivity contribution >= 4 is 35.3 Å². The number of likely N-dealkylation sites (N-methyl/N-ethyl adjacent to an activating group) is 1. The van der Waals surface area contributed by atoms with Crippen molar-refractivity contribution in [3.8, 4) is 11.3 Å². The maximum absolute atomic E-state index is 13.3. The Bertz CT molecular complexity index is 1330. The Hall–Kier alpha value is -4.80. The molecule has 11 heteroatoms. The average molecular weight is 449 g/mol. The molecule has 1 fully saturated rings. The summed E-state index contributed by atoms with van der Waals surface area (Å²) in [5.41, 5.74) is 0.536. The zero-order valence-electron chi connectivity index (χ0n) is 17.1. The molecule has 2 heterocycles. The van der Waals surface area contributed by atoms with Crippen molar-refractivity contribution in [3.05, 3.63) is 88.1 Å². The second-order valence-electron chi connectivity index (χ2n) is 6.89. The number of carbonyl (C=O) groups is 2. The van der Waals surface area contributed by atoms with Crippen molar-refractivity contribution in [3.63, 3.8) is 0 Å². The van der Waals surface area contributed by atoms with Crippen LogP contribution >= 0.6 is 0 Å². The Kier molecular flexibility index (Phi) is 5.68. The number of hydrogen-bond donors (Lipinski definition) is 2. The number of carbonyl (C=O) groups excluding carboxylic acids is 2. The fourth-order valence-corrected chi connectivity index (χ4v) is 3.15. The quantitative estimate of drug-likeness (QED) is 0.352. The van der Waals surface area contributed by atoms with Crippen LogP contribution in [0.4, 0.5) is 20.6 Å². The van der Waals surface area contributed by atoms with E-state index in [2.05, 4.69) is 15.6 Å². The number of nitrogens with one attached hydrogen (secondary N) is 2. The number of anilines is 1. The second-order valence-corrected chi connectivity index (χ2v) is 6.89. The SMILES string of the molecule is CN1/C(=C/c2ccc(-c3ccccc3[N+](=O)[O-])o2)C(=O)N/C1=N\C(=O)Nc1cccc(F)c1. The van der Waals surface area contributed by atoms with E-state index in [1.54, 1.807) is 30.3 Å². The van der Waals surface area contributed by atoms with Gasteiger partial charge in [0, 0.05) is 24.9 Å². The summed E-state index contributed by atoms with van der Waals surface area (Å²) in [6, 6.07) is 13.7. The molecule has 2 aromatic carbocycles. The number of benzene rings is 2. The van der Waals surface area contributed by atoms with E-state index in [0.29, 0.717) is 5.56 Å². The molecule has 33 heavy (non-hydrogen) atoms. The van der Waals surface area contributed by atoms with E-state index in [0.717, 1.165) is 6.07 Å². The fourth-order valence-electron chi connectivity index (χ4n) is 3.15. The van der Waals surface area contributed by atoms with Crippen LogP contribution < -0.4 is 10.6 Å². The molecule has 0 radical (unpaired) electrons. The molecule has 3 amide bonds. The number of amides is 3. The first kappa shape index (κ1) is 21.4. The summed E-state index contributed by atoms with van der Waals surface area (Å²) in [4.78, 5) is 40.4. The third-order valence-corrected chi connectivity index (χ3v) is 4.69. The molecule has 166 valence electrons. The molecular formula is C22H16FN5O5. The largest absolute Gasteiger partial charge is 0.456 e. The highest BCUT2D eigenvalue weighted by molar-refractivity contribution is 6.17. The molecule has 0 aliphatic carbocycles. The van der Waals surface area contributed by atoms with Crippen molar-refractivity contribution in [2.45, 2.75) is 0 Å². The van der Waals surface area contributed by atoms with Crippen LogP contribution in [0.3, 0.4) is 0 Å². The molecule has 1 aliphatic rings. The molecule has 3 aromatic rings. The molecule has 4 rings (SSSR count). The van der Waals surface area contributed by atoms with Crippen LogP contribution in [0, 0.1) is 15.9 Å². The molecule has 0 atom stereocenters. The number of nitro groups is 1. The standard InChI is InChI=1S/C22H16FN5O5/c1-27-18(12-15-9-10-19(33-15)16-7-2-3-8-17(16)28(31)32)20(29)25-21(27)26-22(30)24-14-6-4-5-13(23)11-14/h2-12H,1H3,(H2,24,25,26,29,30)/b18-12+. The topological polar surface area (TPSA) is 130 Å². The normalized spacial score (nSPS) is 15.7. The minimum absolute atomic E-state index is 0.0365. The number of furan rings is 1. The molecule has 10 nitrogen and oxygen atoms in total. The van der Waals surface area contributed by atoms with Gasteiger partial charge in [-0.05, 0) is 36.4 Å². The van der Waals surface area contributed by atoms with Gasteiger partial charge in [-0.25, -0.2) is 9.18 Å². The van der Waals surface area contributed by atoms with Crippen LogP contribution in [0.15, 0.2) is 75.8 Å². The van der Waals surface area contributed by atoms with E-state index in [4.69, 9.17) is 4.42 Å². The number of urea groups is 1. The molecule has 0 bridgehead atoms. The predicted molar refractivity (Wildman–Crippen MR) is 118 cm³/mol. The van der Waals surface area contributed by atoms with Gasteiger partial charge in [-0.2, -0.15) is 4.99 Å². The summed E-state index contributed by atoms with van der Waals surface area (Å²) in [6.07, 6.45) is 1.42. The van der Waals surface area contributed by atoms with E-state index >= 15 is 0 Å². The zero-order chi connectivity index (χ0) is 23.5. The smallest absolute Gasteiger partial charge is 0.348 e. The van der Waals surface area contributed by atoms with Gasteiger partial charge >= 0.3 is 6.03 Å². The first-order valence-electron chi connectivity index (χ1n) is 9.57. The minimum Gasteiger partial charge on any atom is -0.456 e. The Balaban J connectivity index is 1.54. The summed E-state index contributed by atoms with van der Waals surface area (Å²) in [7, 11) is 1.52. The number of nitro benzene ring substituents is 1. The highest BCUT2D eigenvalue weighted by Crippen LogP contribution is 2.31. The molecule has 1 aromatic heterocycles. The summed E-state index contributed by atoms with van der Waals surface area (Å²) < 4.78 is 18.9. The van der Waals surface area contributed by atoms with Crippen molar-refractivity contribution in [2.24, 2.45) is 4.99 Å². The fraction of sp³-hybridized carbons (Fsp3) is 0.0455. The van der Waals surface area contributed by atoms with Crippen LogP contribution in [0.2, 0.25) is 0 Å². The van der Waals surface area contributed by atoms with Gasteiger partial charge < -0.3 is 14.6 Å². The molecular weight excluding hydrogens is 433 g/mol. The second kappa shape index (κ2) is 8.75. The predicted octanol–water partition coefficient (Wildman–Crippen LogP) is 3.98. The van der Waals surface area contributed by atoms with Gasteiger partial charge in [0.15, 0.2) is 0 Å². The Morgan fingerprint density at radius 2 is 2.00 bits per heavy atom. The maximum Gasteiger partial charge on any atom is 0.348 e. The van der Waals surface area contributed by atoms with E-state index in [9.17, 15) is 24.1 Å². The maximum atomic E-state index is 13.3. The van der Waals surface area contributed by atoms with E-state index < -0.39 is 22.7 Å². The first-order valence-corrected chi connectivity index (χ1v) is 9.57. The zero-order valence-corrected chi connectivity index (χ0v) is 17.1. The third-order valence-electron chi connectivity index (χ3n) is 4.69. The number of halogens is 1. The van der Waals surface area contributed by atoms with Crippen LogP contribution in [-0.2, 0) is 4.79 Å². The third kappa shape index (κ3) is 4.61. The lowest BCUT2D eigenvalue weighted by atomic mass is 10.1. The molecule has 1 aliphatic heterocycles. The van der Waals surface area contributed by atoms with Crippen molar-refractivity contribution in [1.29, 1.82) is 0 Å². The number of guanidine groups is 1.